The number of hydrogen-bond donors (Lipinski definition) is 0. The fraction of sp³-hybridized carbons (Fsp3) is 0.520. The predicted molar refractivity (Wildman–Crippen MR) is 131 cm³/mol. The van der Waals surface area contributed by atoms with E-state index in [2.05, 4.69) is 25.0 Å². The number of anilines is 1. The summed E-state index contributed by atoms with van der Waals surface area (Å²) in [5.74, 6) is 0.669. The first kappa shape index (κ1) is 25.0. The number of carbonyl (C=O) groups excluding carboxylic acids is 1. The lowest BCUT2D eigenvalue weighted by atomic mass is 10.1. The summed E-state index contributed by atoms with van der Waals surface area (Å²) in [5.41, 5.74) is 2.36. The van der Waals surface area contributed by atoms with E-state index in [0.717, 1.165) is 57.2 Å². The van der Waals surface area contributed by atoms with E-state index in [1.54, 1.807) is 19.1 Å². The first-order valence-electron chi connectivity index (χ1n) is 12.1. The highest BCUT2D eigenvalue weighted by Crippen LogP contribution is 2.26. The molecule has 10 nitrogen and oxygen atoms in total. The Morgan fingerprint density at radius 3 is 2.60 bits per heavy atom. The first-order valence-corrected chi connectivity index (χ1v) is 12.1. The van der Waals surface area contributed by atoms with Gasteiger partial charge in [0.1, 0.15) is 6.61 Å². The average molecular weight is 484 g/mol. The summed E-state index contributed by atoms with van der Waals surface area (Å²) < 4.78 is 22.0. The quantitative estimate of drug-likeness (QED) is 0.376. The largest absolute Gasteiger partial charge is 0.476 e. The molecule has 0 N–H and O–H groups in total. The lowest BCUT2D eigenvalue weighted by Crippen LogP contribution is -2.38. The number of pyridine rings is 1. The van der Waals surface area contributed by atoms with Crippen LogP contribution in [0, 0.1) is 0 Å². The zero-order valence-electron chi connectivity index (χ0n) is 20.2. The molecule has 0 aliphatic carbocycles. The summed E-state index contributed by atoms with van der Waals surface area (Å²) in [7, 11) is 0. The molecule has 0 atom stereocenters. The van der Waals surface area contributed by atoms with Crippen molar-refractivity contribution in [1.82, 2.24) is 9.88 Å². The maximum Gasteiger partial charge on any atom is 0.338 e. The molecule has 2 aliphatic heterocycles. The van der Waals surface area contributed by atoms with Crippen molar-refractivity contribution >= 4 is 17.5 Å². The standard InChI is InChI=1S/C25H33N5O5/c1-2-34-25(31)21-5-3-4-20(16-21)19-26-28-23-17-22(30-9-13-33-14-10-30)18-24(27-23)35-15-8-29-6-11-32-12-7-29/h3-5,16-18H,2,6-15,19H2,1H3. The molecule has 4 rings (SSSR count). The average Bonchev–Trinajstić information content (AvgIpc) is 2.90. The van der Waals surface area contributed by atoms with Crippen LogP contribution in [0.2, 0.25) is 0 Å². The van der Waals surface area contributed by atoms with Crippen LogP contribution in [0.15, 0.2) is 46.6 Å². The Bertz CT molecular complexity index is 990. The number of benzene rings is 1. The Balaban J connectivity index is 1.43. The minimum Gasteiger partial charge on any atom is -0.476 e. The fourth-order valence-corrected chi connectivity index (χ4v) is 3.91. The highest BCUT2D eigenvalue weighted by molar-refractivity contribution is 5.89. The van der Waals surface area contributed by atoms with E-state index < -0.39 is 0 Å². The predicted octanol–water partition coefficient (Wildman–Crippen LogP) is 3.09. The third-order valence-electron chi connectivity index (χ3n) is 5.78. The second-order valence-corrected chi connectivity index (χ2v) is 8.24. The number of aromatic nitrogens is 1. The highest BCUT2D eigenvalue weighted by Gasteiger charge is 2.15. The molecule has 1 aromatic heterocycles. The zero-order valence-corrected chi connectivity index (χ0v) is 20.2. The number of rotatable bonds is 10. The van der Waals surface area contributed by atoms with Crippen LogP contribution in [0.4, 0.5) is 11.5 Å². The van der Waals surface area contributed by atoms with Crippen molar-refractivity contribution in [2.24, 2.45) is 10.2 Å². The molecule has 2 aliphatic rings. The minimum atomic E-state index is -0.343. The second-order valence-electron chi connectivity index (χ2n) is 8.24. The van der Waals surface area contributed by atoms with Gasteiger partial charge in [-0.2, -0.15) is 10.1 Å². The van der Waals surface area contributed by atoms with Crippen LogP contribution in [0.1, 0.15) is 22.8 Å². The summed E-state index contributed by atoms with van der Waals surface area (Å²) in [6.45, 7) is 10.1. The molecule has 0 spiro atoms. The fourth-order valence-electron chi connectivity index (χ4n) is 3.91. The minimum absolute atomic E-state index is 0.323. The number of morpholine rings is 2. The molecule has 0 radical (unpaired) electrons. The van der Waals surface area contributed by atoms with Gasteiger partial charge in [-0.25, -0.2) is 4.79 Å². The van der Waals surface area contributed by atoms with E-state index in [9.17, 15) is 4.79 Å². The molecule has 0 saturated carbocycles. The molecular formula is C25H33N5O5. The van der Waals surface area contributed by atoms with E-state index >= 15 is 0 Å². The second kappa shape index (κ2) is 13.1. The van der Waals surface area contributed by atoms with Gasteiger partial charge in [-0.15, -0.1) is 5.11 Å². The SMILES string of the molecule is CCOC(=O)c1cccc(CN=Nc2cc(N3CCOCC3)cc(OCCN3CCOCC3)n2)c1. The van der Waals surface area contributed by atoms with Gasteiger partial charge < -0.3 is 23.8 Å². The molecule has 0 amide bonds. The Hall–Kier alpha value is -3.08. The van der Waals surface area contributed by atoms with Gasteiger partial charge >= 0.3 is 5.97 Å². The number of carbonyl (C=O) groups is 1. The number of nitrogens with zero attached hydrogens (tertiary/aromatic N) is 5. The summed E-state index contributed by atoms with van der Waals surface area (Å²) in [6, 6.07) is 11.1. The third-order valence-corrected chi connectivity index (χ3v) is 5.78. The summed E-state index contributed by atoms with van der Waals surface area (Å²) in [5, 5.41) is 8.69. The lowest BCUT2D eigenvalue weighted by molar-refractivity contribution is 0.0320. The Labute approximate surface area is 205 Å². The van der Waals surface area contributed by atoms with E-state index in [1.807, 2.05) is 24.3 Å². The van der Waals surface area contributed by atoms with Crippen LogP contribution in [-0.4, -0.2) is 88.2 Å². The summed E-state index contributed by atoms with van der Waals surface area (Å²) >= 11 is 0. The first-order chi connectivity index (χ1) is 17.2. The monoisotopic (exact) mass is 483 g/mol. The van der Waals surface area contributed by atoms with Gasteiger partial charge in [-0.1, -0.05) is 12.1 Å². The summed E-state index contributed by atoms with van der Waals surface area (Å²) in [4.78, 5) is 21.1. The van der Waals surface area contributed by atoms with Crippen molar-refractivity contribution < 1.29 is 23.7 Å². The van der Waals surface area contributed by atoms with Gasteiger partial charge in [0.15, 0.2) is 5.82 Å². The smallest absolute Gasteiger partial charge is 0.338 e. The molecule has 0 unspecified atom stereocenters. The third kappa shape index (κ3) is 7.71. The molecule has 2 aromatic rings. The molecule has 0 bridgehead atoms. The number of ether oxygens (including phenoxy) is 4. The molecule has 188 valence electrons. The van der Waals surface area contributed by atoms with Crippen molar-refractivity contribution in [2.75, 3.05) is 77.3 Å². The van der Waals surface area contributed by atoms with Crippen LogP contribution in [0.3, 0.4) is 0 Å². The van der Waals surface area contributed by atoms with Gasteiger partial charge in [0.05, 0.1) is 45.1 Å². The lowest BCUT2D eigenvalue weighted by Gasteiger charge is -2.29. The van der Waals surface area contributed by atoms with Crippen molar-refractivity contribution in [1.29, 1.82) is 0 Å². The zero-order chi connectivity index (χ0) is 24.3. The highest BCUT2D eigenvalue weighted by atomic mass is 16.5. The van der Waals surface area contributed by atoms with E-state index in [1.165, 1.54) is 0 Å². The van der Waals surface area contributed by atoms with Crippen molar-refractivity contribution in [3.05, 3.63) is 47.5 Å². The Morgan fingerprint density at radius 2 is 1.83 bits per heavy atom. The molecule has 2 fully saturated rings. The van der Waals surface area contributed by atoms with Crippen LogP contribution in [0.5, 0.6) is 5.88 Å². The van der Waals surface area contributed by atoms with Crippen LogP contribution in [-0.2, 0) is 20.8 Å². The molecule has 2 saturated heterocycles. The maximum absolute atomic E-state index is 12.0. The molecular weight excluding hydrogens is 450 g/mol. The van der Waals surface area contributed by atoms with Gasteiger partial charge in [0.2, 0.25) is 5.88 Å². The molecule has 10 heteroatoms. The Morgan fingerprint density at radius 1 is 1.06 bits per heavy atom. The van der Waals surface area contributed by atoms with Gasteiger partial charge in [-0.05, 0) is 24.6 Å². The van der Waals surface area contributed by atoms with Crippen LogP contribution in [0.25, 0.3) is 0 Å². The van der Waals surface area contributed by atoms with Crippen LogP contribution < -0.4 is 9.64 Å². The van der Waals surface area contributed by atoms with E-state index in [0.29, 0.717) is 50.2 Å². The summed E-state index contributed by atoms with van der Waals surface area (Å²) in [6.07, 6.45) is 0. The molecule has 35 heavy (non-hydrogen) atoms. The number of esters is 1. The van der Waals surface area contributed by atoms with Crippen molar-refractivity contribution in [3.8, 4) is 5.88 Å². The Kier molecular flexibility index (Phi) is 9.39. The normalized spacial score (nSPS) is 17.0. The van der Waals surface area contributed by atoms with Crippen molar-refractivity contribution in [2.45, 2.75) is 13.5 Å². The topological polar surface area (TPSA) is 98.1 Å². The van der Waals surface area contributed by atoms with Crippen molar-refractivity contribution in [3.63, 3.8) is 0 Å². The molecule has 1 aromatic carbocycles. The maximum atomic E-state index is 12.0. The van der Waals surface area contributed by atoms with Gasteiger partial charge in [-0.3, -0.25) is 4.90 Å². The van der Waals surface area contributed by atoms with E-state index in [4.69, 9.17) is 18.9 Å². The van der Waals surface area contributed by atoms with Gasteiger partial charge in [0, 0.05) is 50.5 Å². The van der Waals surface area contributed by atoms with E-state index in [-0.39, 0.29) is 5.97 Å². The van der Waals surface area contributed by atoms with Crippen LogP contribution >= 0.6 is 0 Å². The van der Waals surface area contributed by atoms with Gasteiger partial charge in [0.25, 0.3) is 0 Å². The number of azo groups is 1. The number of hydrogen-bond acceptors (Lipinski definition) is 10. The molecule has 3 heterocycles.